The van der Waals surface area contributed by atoms with Gasteiger partial charge in [0.1, 0.15) is 0 Å². The van der Waals surface area contributed by atoms with Crippen LogP contribution in [0.4, 0.5) is 5.69 Å². The SMILES string of the molecule is Cc1cccc(/C=C2/SC3CCC(C(=O)NCCCN4CCN(c5cc(C)ccc5C)CC4)CC3N(C)C2=O)c1. The van der Waals surface area contributed by atoms with Crippen molar-refractivity contribution in [3.63, 3.8) is 0 Å². The van der Waals surface area contributed by atoms with Crippen LogP contribution in [0, 0.1) is 26.7 Å². The molecule has 6 nitrogen and oxygen atoms in total. The van der Waals surface area contributed by atoms with Gasteiger partial charge < -0.3 is 15.1 Å². The maximum atomic E-state index is 13.2. The minimum absolute atomic E-state index is 0.0134. The van der Waals surface area contributed by atoms with Crippen molar-refractivity contribution in [1.82, 2.24) is 15.1 Å². The van der Waals surface area contributed by atoms with Crippen molar-refractivity contribution >= 4 is 35.3 Å². The number of piperazine rings is 1. The highest BCUT2D eigenvalue weighted by Crippen LogP contribution is 2.43. The van der Waals surface area contributed by atoms with E-state index < -0.39 is 0 Å². The minimum atomic E-state index is -0.0134. The van der Waals surface area contributed by atoms with Crippen molar-refractivity contribution in [3.05, 3.63) is 69.6 Å². The number of benzene rings is 2. The molecule has 2 heterocycles. The summed E-state index contributed by atoms with van der Waals surface area (Å²) in [4.78, 5) is 33.9. The third-order valence-corrected chi connectivity index (χ3v) is 10.2. The molecule has 3 aliphatic rings. The van der Waals surface area contributed by atoms with E-state index in [1.807, 2.05) is 30.2 Å². The average Bonchev–Trinajstić information content (AvgIpc) is 2.95. The summed E-state index contributed by atoms with van der Waals surface area (Å²) in [6.07, 6.45) is 5.59. The molecule has 3 unspecified atom stereocenters. The van der Waals surface area contributed by atoms with Crippen LogP contribution in [0.25, 0.3) is 6.08 Å². The highest BCUT2D eigenvalue weighted by Gasteiger charge is 2.42. The summed E-state index contributed by atoms with van der Waals surface area (Å²) < 4.78 is 0. The lowest BCUT2D eigenvalue weighted by Crippen LogP contribution is -2.52. The Labute approximate surface area is 244 Å². The molecular formula is C33H44N4O2S. The summed E-state index contributed by atoms with van der Waals surface area (Å²) >= 11 is 1.71. The minimum Gasteiger partial charge on any atom is -0.369 e. The Morgan fingerprint density at radius 2 is 1.80 bits per heavy atom. The third-order valence-electron chi connectivity index (χ3n) is 8.80. The van der Waals surface area contributed by atoms with Gasteiger partial charge in [-0.2, -0.15) is 0 Å². The summed E-state index contributed by atoms with van der Waals surface area (Å²) in [5.41, 5.74) is 6.28. The number of likely N-dealkylation sites (N-methyl/N-ethyl adjacent to an activating group) is 1. The zero-order valence-electron chi connectivity index (χ0n) is 24.5. The summed E-state index contributed by atoms with van der Waals surface area (Å²) in [5.74, 6) is 0.220. The van der Waals surface area contributed by atoms with Crippen LogP contribution in [0.1, 0.15) is 47.9 Å². The van der Waals surface area contributed by atoms with Crippen molar-refractivity contribution in [3.8, 4) is 0 Å². The molecule has 0 spiro atoms. The van der Waals surface area contributed by atoms with Crippen molar-refractivity contribution in [1.29, 1.82) is 0 Å². The summed E-state index contributed by atoms with van der Waals surface area (Å²) in [6.45, 7) is 12.4. The first-order valence-electron chi connectivity index (χ1n) is 14.8. The van der Waals surface area contributed by atoms with E-state index in [1.54, 1.807) is 11.8 Å². The molecule has 7 heteroatoms. The summed E-state index contributed by atoms with van der Waals surface area (Å²) in [5, 5.41) is 3.56. The number of thioether (sulfide) groups is 1. The Balaban J connectivity index is 1.05. The first kappa shape index (κ1) is 28.7. The molecule has 3 fully saturated rings. The fourth-order valence-electron chi connectivity index (χ4n) is 6.38. The number of amides is 2. The molecular weight excluding hydrogens is 516 g/mol. The fraction of sp³-hybridized carbons (Fsp3) is 0.515. The predicted molar refractivity (Wildman–Crippen MR) is 167 cm³/mol. The molecule has 2 amide bonds. The van der Waals surface area contributed by atoms with E-state index in [1.165, 1.54) is 22.4 Å². The van der Waals surface area contributed by atoms with E-state index in [-0.39, 0.29) is 23.8 Å². The van der Waals surface area contributed by atoms with Crippen molar-refractivity contribution in [2.24, 2.45) is 5.92 Å². The van der Waals surface area contributed by atoms with Gasteiger partial charge in [0.2, 0.25) is 5.91 Å². The largest absolute Gasteiger partial charge is 0.369 e. The van der Waals surface area contributed by atoms with Gasteiger partial charge in [-0.25, -0.2) is 0 Å². The first-order chi connectivity index (χ1) is 19.3. The third kappa shape index (κ3) is 6.74. The Kier molecular flexibility index (Phi) is 9.21. The molecule has 1 N–H and O–H groups in total. The van der Waals surface area contributed by atoms with E-state index in [0.29, 0.717) is 11.8 Å². The highest BCUT2D eigenvalue weighted by molar-refractivity contribution is 8.04. The van der Waals surface area contributed by atoms with Crippen LogP contribution >= 0.6 is 11.8 Å². The summed E-state index contributed by atoms with van der Waals surface area (Å²) in [7, 11) is 1.91. The van der Waals surface area contributed by atoms with Gasteiger partial charge in [-0.15, -0.1) is 11.8 Å². The monoisotopic (exact) mass is 560 g/mol. The number of hydrogen-bond donors (Lipinski definition) is 1. The quantitative estimate of drug-likeness (QED) is 0.381. The van der Waals surface area contributed by atoms with Crippen LogP contribution in [0.5, 0.6) is 0 Å². The Morgan fingerprint density at radius 3 is 2.58 bits per heavy atom. The van der Waals surface area contributed by atoms with E-state index in [4.69, 9.17) is 0 Å². The normalized spacial score (nSPS) is 24.8. The molecule has 1 aliphatic carbocycles. The van der Waals surface area contributed by atoms with Crippen LogP contribution < -0.4 is 10.2 Å². The zero-order chi connectivity index (χ0) is 28.2. The second-order valence-electron chi connectivity index (χ2n) is 11.8. The van der Waals surface area contributed by atoms with E-state index in [9.17, 15) is 9.59 Å². The number of nitrogens with one attached hydrogen (secondary N) is 1. The van der Waals surface area contributed by atoms with Gasteiger partial charge in [0.15, 0.2) is 0 Å². The van der Waals surface area contributed by atoms with Gasteiger partial charge >= 0.3 is 0 Å². The molecule has 0 aromatic heterocycles. The maximum Gasteiger partial charge on any atom is 0.260 e. The van der Waals surface area contributed by atoms with Gasteiger partial charge in [-0.3, -0.25) is 14.5 Å². The fourth-order valence-corrected chi connectivity index (χ4v) is 7.86. The Morgan fingerprint density at radius 1 is 1.02 bits per heavy atom. The topological polar surface area (TPSA) is 55.9 Å². The molecule has 2 aromatic carbocycles. The molecule has 214 valence electrons. The highest BCUT2D eigenvalue weighted by atomic mass is 32.2. The second kappa shape index (κ2) is 12.8. The second-order valence-corrected chi connectivity index (χ2v) is 13.1. The lowest BCUT2D eigenvalue weighted by atomic mass is 9.83. The van der Waals surface area contributed by atoms with Gasteiger partial charge in [-0.1, -0.05) is 42.0 Å². The van der Waals surface area contributed by atoms with Crippen LogP contribution in [-0.4, -0.2) is 79.2 Å². The molecule has 2 saturated heterocycles. The van der Waals surface area contributed by atoms with Gasteiger partial charge in [0, 0.05) is 62.7 Å². The van der Waals surface area contributed by atoms with E-state index in [0.717, 1.165) is 68.9 Å². The van der Waals surface area contributed by atoms with Crippen molar-refractivity contribution in [2.75, 3.05) is 51.2 Å². The van der Waals surface area contributed by atoms with Gasteiger partial charge in [0.25, 0.3) is 5.91 Å². The van der Waals surface area contributed by atoms with Crippen LogP contribution in [0.3, 0.4) is 0 Å². The number of fused-ring (bicyclic) bond motifs is 1. The number of hydrogen-bond acceptors (Lipinski definition) is 5. The summed E-state index contributed by atoms with van der Waals surface area (Å²) in [6, 6.07) is 15.1. The number of nitrogens with zero attached hydrogens (tertiary/aromatic N) is 3. The van der Waals surface area contributed by atoms with Gasteiger partial charge in [0.05, 0.1) is 4.91 Å². The molecule has 2 aromatic rings. The van der Waals surface area contributed by atoms with Crippen LogP contribution in [-0.2, 0) is 9.59 Å². The number of aryl methyl sites for hydroxylation is 3. The first-order valence-corrected chi connectivity index (χ1v) is 15.7. The Hall–Kier alpha value is -2.77. The number of rotatable bonds is 7. The predicted octanol–water partition coefficient (Wildman–Crippen LogP) is 5.02. The molecule has 5 rings (SSSR count). The Bertz CT molecular complexity index is 1250. The van der Waals surface area contributed by atoms with Gasteiger partial charge in [-0.05, 0) is 81.8 Å². The average molecular weight is 561 g/mol. The van der Waals surface area contributed by atoms with E-state index in [2.05, 4.69) is 66.2 Å². The van der Waals surface area contributed by atoms with Crippen LogP contribution in [0.2, 0.25) is 0 Å². The molecule has 2 aliphatic heterocycles. The molecule has 0 bridgehead atoms. The number of anilines is 1. The standard InChI is InChI=1S/C33H44N4O2S/c1-23-7-5-8-26(19-23)21-31-33(39)35(4)29-22-27(11-12-30(29)40-31)32(38)34-13-6-14-36-15-17-37(18-16-36)28-20-24(2)9-10-25(28)3/h5,7-10,19-21,27,29-30H,6,11-18,22H2,1-4H3,(H,34,38)/b31-21+. The number of carbonyl (C=O) groups is 2. The molecule has 40 heavy (non-hydrogen) atoms. The maximum absolute atomic E-state index is 13.2. The van der Waals surface area contributed by atoms with Crippen molar-refractivity contribution < 1.29 is 9.59 Å². The lowest BCUT2D eigenvalue weighted by molar-refractivity contribution is -0.131. The zero-order valence-corrected chi connectivity index (χ0v) is 25.3. The molecule has 1 saturated carbocycles. The molecule has 0 radical (unpaired) electrons. The van der Waals surface area contributed by atoms with E-state index >= 15 is 0 Å². The van der Waals surface area contributed by atoms with Crippen molar-refractivity contribution in [2.45, 2.75) is 57.7 Å². The smallest absolute Gasteiger partial charge is 0.260 e. The molecule has 3 atom stereocenters. The lowest BCUT2D eigenvalue weighted by Gasteiger charge is -2.44. The van der Waals surface area contributed by atoms with Crippen LogP contribution in [0.15, 0.2) is 47.4 Å². The number of carbonyl (C=O) groups excluding carboxylic acids is 2.